The van der Waals surface area contributed by atoms with Gasteiger partial charge < -0.3 is 29.7 Å². The summed E-state index contributed by atoms with van der Waals surface area (Å²) < 4.78 is 42.8. The second kappa shape index (κ2) is 13.9. The van der Waals surface area contributed by atoms with Gasteiger partial charge in [-0.05, 0) is 25.8 Å². The average Bonchev–Trinajstić information content (AvgIpc) is 3.04. The van der Waals surface area contributed by atoms with E-state index < -0.39 is 16.1 Å². The first-order valence-corrected chi connectivity index (χ1v) is 15.9. The van der Waals surface area contributed by atoms with E-state index in [1.54, 1.807) is 20.0 Å². The molecule has 2 amide bonds. The van der Waals surface area contributed by atoms with Crippen molar-refractivity contribution in [3.63, 3.8) is 0 Å². The van der Waals surface area contributed by atoms with E-state index in [4.69, 9.17) is 37.4 Å². The molecule has 16 heteroatoms. The quantitative estimate of drug-likeness (QED) is 0.297. The third-order valence-electron chi connectivity index (χ3n) is 7.30. The number of urea groups is 1. The number of hydrogen-bond acceptors (Lipinski definition) is 9. The standard InChI is InChI=1S/C28H35Cl2N7O6S/c1-7-44(39,40)36-10-11-37-18(15-36)16-43-20-12-17(8-9-19(20)37)33-23(31-2)14-24(32-3)35(4)28(38)34-27-25(29)21(41-5)13-22(42-6)26(27)30/h8-9,12-14,18H,3,7,10-11,15-16H2,1-2,4-6H3,(H,31,33)(H,34,38)/b24-14+/t18-/m1/s1. The molecule has 1 saturated heterocycles. The fraction of sp³-hybridized carbons (Fsp3) is 0.393. The molecule has 0 spiro atoms. The molecule has 0 saturated carbocycles. The molecule has 1 atom stereocenters. The summed E-state index contributed by atoms with van der Waals surface area (Å²) in [6.45, 7) is 6.98. The van der Waals surface area contributed by atoms with Crippen molar-refractivity contribution in [1.29, 1.82) is 0 Å². The fourth-order valence-electron chi connectivity index (χ4n) is 4.82. The van der Waals surface area contributed by atoms with Gasteiger partial charge in [-0.1, -0.05) is 23.2 Å². The van der Waals surface area contributed by atoms with Crippen LogP contribution in [0.15, 0.2) is 46.1 Å². The molecule has 13 nitrogen and oxygen atoms in total. The van der Waals surface area contributed by atoms with Crippen LogP contribution < -0.4 is 29.7 Å². The number of benzene rings is 2. The summed E-state index contributed by atoms with van der Waals surface area (Å²) in [7, 11) is 2.69. The van der Waals surface area contributed by atoms with E-state index in [1.165, 1.54) is 36.5 Å². The van der Waals surface area contributed by atoms with Crippen LogP contribution in [0, 0.1) is 0 Å². The fourth-order valence-corrected chi connectivity index (χ4v) is 6.54. The van der Waals surface area contributed by atoms with E-state index in [0.29, 0.717) is 43.5 Å². The van der Waals surface area contributed by atoms with Crippen LogP contribution in [0.5, 0.6) is 17.2 Å². The van der Waals surface area contributed by atoms with Crippen molar-refractivity contribution in [2.45, 2.75) is 13.0 Å². The number of ether oxygens (including phenoxy) is 3. The number of nitrogens with zero attached hydrogens (tertiary/aromatic N) is 5. The Hall–Kier alpha value is -3.72. The van der Waals surface area contributed by atoms with Crippen molar-refractivity contribution < 1.29 is 27.4 Å². The van der Waals surface area contributed by atoms with Crippen molar-refractivity contribution in [2.24, 2.45) is 9.98 Å². The van der Waals surface area contributed by atoms with Crippen LogP contribution in [0.2, 0.25) is 10.0 Å². The average molecular weight is 669 g/mol. The first-order valence-electron chi connectivity index (χ1n) is 13.6. The van der Waals surface area contributed by atoms with Gasteiger partial charge in [-0.15, -0.1) is 0 Å². The van der Waals surface area contributed by atoms with E-state index in [2.05, 4.69) is 32.2 Å². The molecule has 2 aliphatic heterocycles. The lowest BCUT2D eigenvalue weighted by atomic mass is 10.1. The molecule has 0 aromatic heterocycles. The number of amides is 2. The van der Waals surface area contributed by atoms with Crippen LogP contribution in [0.1, 0.15) is 6.92 Å². The zero-order chi connectivity index (χ0) is 32.2. The van der Waals surface area contributed by atoms with Crippen molar-refractivity contribution >= 4 is 68.9 Å². The predicted molar refractivity (Wildman–Crippen MR) is 175 cm³/mol. The van der Waals surface area contributed by atoms with E-state index in [-0.39, 0.29) is 44.8 Å². The van der Waals surface area contributed by atoms with Gasteiger partial charge in [0.25, 0.3) is 0 Å². The first kappa shape index (κ1) is 33.2. The van der Waals surface area contributed by atoms with Gasteiger partial charge in [-0.3, -0.25) is 9.89 Å². The third-order valence-corrected chi connectivity index (χ3v) is 9.90. The number of piperazine rings is 1. The molecule has 1 fully saturated rings. The zero-order valence-corrected chi connectivity index (χ0v) is 27.4. The van der Waals surface area contributed by atoms with Crippen LogP contribution in [0.4, 0.5) is 21.9 Å². The maximum Gasteiger partial charge on any atom is 0.327 e. The normalized spacial score (nSPS) is 17.2. The highest BCUT2D eigenvalue weighted by Gasteiger charge is 2.36. The second-order valence-corrected chi connectivity index (χ2v) is 12.8. The molecule has 0 unspecified atom stereocenters. The number of amidine groups is 1. The molecule has 2 heterocycles. The molecule has 2 N–H and O–H groups in total. The number of methoxy groups -OCH3 is 2. The molecule has 2 aromatic carbocycles. The summed E-state index contributed by atoms with van der Waals surface area (Å²) in [4.78, 5) is 24.9. The highest BCUT2D eigenvalue weighted by Crippen LogP contribution is 2.44. The van der Waals surface area contributed by atoms with Crippen LogP contribution >= 0.6 is 23.2 Å². The largest absolute Gasteiger partial charge is 0.495 e. The number of hydrogen-bond donors (Lipinski definition) is 2. The minimum atomic E-state index is -3.26. The van der Waals surface area contributed by atoms with Gasteiger partial charge in [0.05, 0.1) is 37.4 Å². The van der Waals surface area contributed by atoms with Crippen LogP contribution in [-0.4, -0.2) is 103 Å². The molecule has 238 valence electrons. The van der Waals surface area contributed by atoms with Gasteiger partial charge in [0.15, 0.2) is 0 Å². The first-order chi connectivity index (χ1) is 21.0. The number of halogens is 2. The summed E-state index contributed by atoms with van der Waals surface area (Å²) in [5, 5.41) is 6.08. The maximum atomic E-state index is 13.2. The topological polar surface area (TPSA) is 137 Å². The van der Waals surface area contributed by atoms with Crippen molar-refractivity contribution in [3.8, 4) is 17.2 Å². The molecule has 44 heavy (non-hydrogen) atoms. The van der Waals surface area contributed by atoms with Crippen LogP contribution in [0.3, 0.4) is 0 Å². The molecule has 0 aliphatic carbocycles. The Morgan fingerprint density at radius 1 is 1.18 bits per heavy atom. The highest BCUT2D eigenvalue weighted by molar-refractivity contribution is 7.89. The summed E-state index contributed by atoms with van der Waals surface area (Å²) in [5.74, 6) is 1.84. The number of carbonyl (C=O) groups is 1. The number of rotatable bonds is 9. The molecule has 0 radical (unpaired) electrons. The van der Waals surface area contributed by atoms with E-state index >= 15 is 0 Å². The SMILES string of the molecule is C=N/C(=C\C(=N/C)Nc1ccc2c(c1)OC[C@H]1CN(S(=O)(=O)CC)CCN21)N(C)C(=O)Nc1c(Cl)c(OC)cc(OC)c1Cl. The van der Waals surface area contributed by atoms with Gasteiger partial charge in [0.2, 0.25) is 10.0 Å². The molecular weight excluding hydrogens is 633 g/mol. The van der Waals surface area contributed by atoms with Crippen LogP contribution in [-0.2, 0) is 10.0 Å². The van der Waals surface area contributed by atoms with E-state index in [0.717, 1.165) is 5.69 Å². The minimum absolute atomic E-state index is 0.0715. The molecular formula is C28H35Cl2N7O6S. The van der Waals surface area contributed by atoms with E-state index in [1.807, 2.05) is 18.2 Å². The van der Waals surface area contributed by atoms with Gasteiger partial charge >= 0.3 is 6.03 Å². The van der Waals surface area contributed by atoms with Gasteiger partial charge in [0, 0.05) is 57.6 Å². The highest BCUT2D eigenvalue weighted by atomic mass is 35.5. The summed E-state index contributed by atoms with van der Waals surface area (Å²) >= 11 is 12.8. The molecule has 2 aliphatic rings. The molecule has 2 aromatic rings. The number of nitrogens with one attached hydrogen (secondary N) is 2. The number of fused-ring (bicyclic) bond motifs is 3. The predicted octanol–water partition coefficient (Wildman–Crippen LogP) is 4.39. The Bertz CT molecular complexity index is 1570. The second-order valence-electron chi connectivity index (χ2n) is 9.77. The summed E-state index contributed by atoms with van der Waals surface area (Å²) in [5.41, 5.74) is 1.68. The number of sulfonamides is 1. The smallest absolute Gasteiger partial charge is 0.327 e. The Balaban J connectivity index is 1.48. The van der Waals surface area contributed by atoms with Crippen molar-refractivity contribution in [3.05, 3.63) is 46.2 Å². The molecule has 4 rings (SSSR count). The third kappa shape index (κ3) is 6.83. The minimum Gasteiger partial charge on any atom is -0.495 e. The van der Waals surface area contributed by atoms with Crippen molar-refractivity contribution in [2.75, 3.05) is 75.8 Å². The van der Waals surface area contributed by atoms with Gasteiger partial charge in [-0.25, -0.2) is 18.2 Å². The zero-order valence-electron chi connectivity index (χ0n) is 25.1. The van der Waals surface area contributed by atoms with Gasteiger partial charge in [-0.2, -0.15) is 4.31 Å². The van der Waals surface area contributed by atoms with Crippen LogP contribution in [0.25, 0.3) is 0 Å². The Morgan fingerprint density at radius 3 is 2.45 bits per heavy atom. The summed E-state index contributed by atoms with van der Waals surface area (Å²) in [6, 6.07) is 6.47. The Morgan fingerprint density at radius 2 is 1.86 bits per heavy atom. The lowest BCUT2D eigenvalue weighted by molar-refractivity contribution is 0.216. The number of carbonyl (C=O) groups excluding carboxylic acids is 1. The number of anilines is 3. The van der Waals surface area contributed by atoms with Gasteiger partial charge in [0.1, 0.15) is 45.6 Å². The Labute approximate surface area is 267 Å². The maximum absolute atomic E-state index is 13.2. The monoisotopic (exact) mass is 667 g/mol. The molecule has 0 bridgehead atoms. The number of aliphatic imine (C=N–C) groups is 2. The Kier molecular flexibility index (Phi) is 10.5. The van der Waals surface area contributed by atoms with Crippen molar-refractivity contribution in [1.82, 2.24) is 9.21 Å². The van der Waals surface area contributed by atoms with E-state index in [9.17, 15) is 13.2 Å². The lowest BCUT2D eigenvalue weighted by Crippen LogP contribution is -2.58. The lowest BCUT2D eigenvalue weighted by Gasteiger charge is -2.45. The summed E-state index contributed by atoms with van der Waals surface area (Å²) in [6.07, 6.45) is 1.55.